The van der Waals surface area contributed by atoms with E-state index in [9.17, 15) is 5.11 Å². The van der Waals surface area contributed by atoms with Crippen molar-refractivity contribution >= 4 is 23.7 Å². The highest BCUT2D eigenvalue weighted by atomic mass is 35.5. The first-order valence-corrected chi connectivity index (χ1v) is 7.11. The van der Waals surface area contributed by atoms with Crippen molar-refractivity contribution in [2.75, 3.05) is 0 Å². The minimum Gasteiger partial charge on any atom is -0.393 e. The second-order valence-corrected chi connectivity index (χ2v) is 5.50. The summed E-state index contributed by atoms with van der Waals surface area (Å²) in [5, 5.41) is 17.6. The SMILES string of the molecule is N=CC(C(N)=NC1CCC(O)CC1)c1ccc(Cl)cn1. The van der Waals surface area contributed by atoms with Gasteiger partial charge in [0.2, 0.25) is 0 Å². The standard InChI is InChI=1S/C14H19ClN4O/c15-9-1-6-13(18-8-9)12(7-16)14(17)19-10-2-4-11(20)5-3-10/h1,6-8,10-12,16,20H,2-5H2,(H2,17,19). The van der Waals surface area contributed by atoms with Gasteiger partial charge in [-0.05, 0) is 37.8 Å². The number of hydrogen-bond donors (Lipinski definition) is 3. The summed E-state index contributed by atoms with van der Waals surface area (Å²) >= 11 is 5.80. The molecule has 0 bridgehead atoms. The summed E-state index contributed by atoms with van der Waals surface area (Å²) in [6.45, 7) is 0. The maximum atomic E-state index is 9.48. The number of pyridine rings is 1. The molecule has 1 saturated carbocycles. The Morgan fingerprint density at radius 3 is 2.70 bits per heavy atom. The van der Waals surface area contributed by atoms with Gasteiger partial charge in [-0.1, -0.05) is 11.6 Å². The molecule has 1 aliphatic rings. The number of aliphatic hydroxyl groups is 1. The lowest BCUT2D eigenvalue weighted by Gasteiger charge is -2.23. The molecule has 1 aromatic heterocycles. The molecule has 20 heavy (non-hydrogen) atoms. The molecule has 1 heterocycles. The van der Waals surface area contributed by atoms with Crippen LogP contribution < -0.4 is 5.73 Å². The van der Waals surface area contributed by atoms with Gasteiger partial charge in [0.1, 0.15) is 5.84 Å². The van der Waals surface area contributed by atoms with Crippen molar-refractivity contribution in [1.82, 2.24) is 4.98 Å². The van der Waals surface area contributed by atoms with Crippen LogP contribution in [-0.2, 0) is 0 Å². The zero-order valence-electron chi connectivity index (χ0n) is 11.2. The molecule has 1 unspecified atom stereocenters. The third-order valence-electron chi connectivity index (χ3n) is 3.55. The minimum atomic E-state index is -0.417. The quantitative estimate of drug-likeness (QED) is 0.586. The third-order valence-corrected chi connectivity index (χ3v) is 3.78. The van der Waals surface area contributed by atoms with E-state index < -0.39 is 5.92 Å². The van der Waals surface area contributed by atoms with Gasteiger partial charge >= 0.3 is 0 Å². The smallest absolute Gasteiger partial charge is 0.109 e. The van der Waals surface area contributed by atoms with Crippen LogP contribution >= 0.6 is 11.6 Å². The largest absolute Gasteiger partial charge is 0.393 e. The molecular weight excluding hydrogens is 276 g/mol. The van der Waals surface area contributed by atoms with Crippen molar-refractivity contribution in [3.8, 4) is 0 Å². The van der Waals surface area contributed by atoms with E-state index in [0.717, 1.165) is 25.7 Å². The molecule has 0 spiro atoms. The number of hydrogen-bond acceptors (Lipinski definition) is 4. The molecule has 0 saturated heterocycles. The van der Waals surface area contributed by atoms with Gasteiger partial charge in [0.05, 0.1) is 28.8 Å². The van der Waals surface area contributed by atoms with E-state index in [0.29, 0.717) is 16.6 Å². The number of nitrogens with zero attached hydrogens (tertiary/aromatic N) is 2. The summed E-state index contributed by atoms with van der Waals surface area (Å²) in [7, 11) is 0. The van der Waals surface area contributed by atoms with Crippen molar-refractivity contribution in [3.63, 3.8) is 0 Å². The summed E-state index contributed by atoms with van der Waals surface area (Å²) in [5.41, 5.74) is 6.70. The molecule has 0 aromatic carbocycles. The third kappa shape index (κ3) is 3.77. The zero-order chi connectivity index (χ0) is 14.5. The normalized spacial score (nSPS) is 25.2. The van der Waals surface area contributed by atoms with E-state index in [1.165, 1.54) is 12.4 Å². The van der Waals surface area contributed by atoms with Crippen LogP contribution in [-0.4, -0.2) is 34.3 Å². The van der Waals surface area contributed by atoms with Gasteiger partial charge in [-0.15, -0.1) is 0 Å². The first-order chi connectivity index (χ1) is 9.60. The van der Waals surface area contributed by atoms with Gasteiger partial charge < -0.3 is 16.2 Å². The maximum Gasteiger partial charge on any atom is 0.109 e. The number of rotatable bonds is 4. The van der Waals surface area contributed by atoms with Gasteiger partial charge in [0, 0.05) is 12.4 Å². The average Bonchev–Trinajstić information content (AvgIpc) is 2.44. The summed E-state index contributed by atoms with van der Waals surface area (Å²) in [6.07, 6.45) is 5.76. The summed E-state index contributed by atoms with van der Waals surface area (Å²) in [6, 6.07) is 3.61. The van der Waals surface area contributed by atoms with Crippen molar-refractivity contribution in [2.24, 2.45) is 10.7 Å². The van der Waals surface area contributed by atoms with E-state index >= 15 is 0 Å². The molecule has 1 aromatic rings. The Morgan fingerprint density at radius 2 is 2.15 bits per heavy atom. The predicted molar refractivity (Wildman–Crippen MR) is 80.7 cm³/mol. The van der Waals surface area contributed by atoms with E-state index in [2.05, 4.69) is 9.98 Å². The summed E-state index contributed by atoms with van der Waals surface area (Å²) in [4.78, 5) is 8.69. The second kappa shape index (κ2) is 6.81. The molecule has 1 aliphatic carbocycles. The van der Waals surface area contributed by atoms with Gasteiger partial charge in [-0.2, -0.15) is 0 Å². The number of aromatic nitrogens is 1. The van der Waals surface area contributed by atoms with Crippen LogP contribution in [0.1, 0.15) is 37.3 Å². The molecule has 0 aliphatic heterocycles. The molecule has 5 nitrogen and oxygen atoms in total. The summed E-state index contributed by atoms with van der Waals surface area (Å²) in [5.74, 6) is -0.0182. The predicted octanol–water partition coefficient (Wildman–Crippen LogP) is 2.13. The first-order valence-electron chi connectivity index (χ1n) is 6.73. The number of aliphatic hydroxyl groups excluding tert-OH is 1. The fourth-order valence-electron chi connectivity index (χ4n) is 2.37. The van der Waals surface area contributed by atoms with Crippen LogP contribution in [0.3, 0.4) is 0 Å². The van der Waals surface area contributed by atoms with E-state index in [1.54, 1.807) is 12.1 Å². The topological polar surface area (TPSA) is 95.4 Å². The van der Waals surface area contributed by atoms with Crippen molar-refractivity contribution in [1.29, 1.82) is 5.41 Å². The molecule has 108 valence electrons. The van der Waals surface area contributed by atoms with Crippen LogP contribution in [0.15, 0.2) is 23.3 Å². The van der Waals surface area contributed by atoms with E-state index in [-0.39, 0.29) is 12.1 Å². The lowest BCUT2D eigenvalue weighted by molar-refractivity contribution is 0.123. The Hall–Kier alpha value is -1.46. The Morgan fingerprint density at radius 1 is 1.45 bits per heavy atom. The molecular formula is C14H19ClN4O. The zero-order valence-corrected chi connectivity index (χ0v) is 11.9. The Bertz CT molecular complexity index is 480. The van der Waals surface area contributed by atoms with Gasteiger partial charge in [0.15, 0.2) is 0 Å². The van der Waals surface area contributed by atoms with Gasteiger partial charge in [0.25, 0.3) is 0 Å². The fourth-order valence-corrected chi connectivity index (χ4v) is 2.48. The minimum absolute atomic E-state index is 0.133. The Kier molecular flexibility index (Phi) is 5.09. The second-order valence-electron chi connectivity index (χ2n) is 5.06. The molecule has 4 N–H and O–H groups in total. The van der Waals surface area contributed by atoms with Crippen molar-refractivity contribution in [3.05, 3.63) is 29.0 Å². The lowest BCUT2D eigenvalue weighted by atomic mass is 9.93. The number of halogens is 1. The molecule has 0 amide bonds. The van der Waals surface area contributed by atoms with Crippen LogP contribution in [0.5, 0.6) is 0 Å². The molecule has 2 rings (SSSR count). The number of nitrogens with two attached hydrogens (primary N) is 1. The first kappa shape index (κ1) is 14.9. The number of aliphatic imine (C=N–C) groups is 1. The monoisotopic (exact) mass is 294 g/mol. The molecule has 6 heteroatoms. The molecule has 1 atom stereocenters. The van der Waals surface area contributed by atoms with Gasteiger partial charge in [-0.25, -0.2) is 0 Å². The number of amidine groups is 1. The highest BCUT2D eigenvalue weighted by Crippen LogP contribution is 2.22. The van der Waals surface area contributed by atoms with Crippen LogP contribution in [0.4, 0.5) is 0 Å². The summed E-state index contributed by atoms with van der Waals surface area (Å²) < 4.78 is 0. The molecule has 1 fully saturated rings. The number of nitrogens with one attached hydrogen (secondary N) is 1. The van der Waals surface area contributed by atoms with Crippen molar-refractivity contribution in [2.45, 2.75) is 43.7 Å². The highest BCUT2D eigenvalue weighted by molar-refractivity contribution is 6.30. The average molecular weight is 295 g/mol. The fraction of sp³-hybridized carbons (Fsp3) is 0.500. The van der Waals surface area contributed by atoms with E-state index in [1.807, 2.05) is 0 Å². The van der Waals surface area contributed by atoms with Gasteiger partial charge in [-0.3, -0.25) is 9.98 Å². The van der Waals surface area contributed by atoms with Crippen LogP contribution in [0.2, 0.25) is 5.02 Å². The van der Waals surface area contributed by atoms with E-state index in [4.69, 9.17) is 22.7 Å². The van der Waals surface area contributed by atoms with Crippen molar-refractivity contribution < 1.29 is 5.11 Å². The lowest BCUT2D eigenvalue weighted by Crippen LogP contribution is -2.28. The molecule has 0 radical (unpaired) electrons. The van der Waals surface area contributed by atoms with Crippen LogP contribution in [0.25, 0.3) is 0 Å². The Balaban J connectivity index is 2.10. The maximum absolute atomic E-state index is 9.48. The Labute approximate surface area is 123 Å². The van der Waals surface area contributed by atoms with Crippen LogP contribution in [0, 0.1) is 5.41 Å². The highest BCUT2D eigenvalue weighted by Gasteiger charge is 2.21.